The van der Waals surface area contributed by atoms with E-state index in [2.05, 4.69) is 17.4 Å². The molecule has 3 nitrogen and oxygen atoms in total. The van der Waals surface area contributed by atoms with Crippen molar-refractivity contribution in [1.29, 1.82) is 0 Å². The zero-order valence-electron chi connectivity index (χ0n) is 12.5. The molecule has 0 aliphatic carbocycles. The van der Waals surface area contributed by atoms with Gasteiger partial charge in [0.25, 0.3) is 0 Å². The number of carbonyl (C=O) groups excluding carboxylic acids is 1. The summed E-state index contributed by atoms with van der Waals surface area (Å²) >= 11 is 0. The quantitative estimate of drug-likeness (QED) is 0.886. The average Bonchev–Trinajstić information content (AvgIpc) is 2.48. The Morgan fingerprint density at radius 2 is 1.57 bits per heavy atom. The zero-order chi connectivity index (χ0) is 15.3. The Morgan fingerprint density at radius 3 is 2.14 bits per heavy atom. The van der Waals surface area contributed by atoms with E-state index in [1.54, 1.807) is 13.8 Å². The minimum Gasteiger partial charge on any atom is -0.394 e. The van der Waals surface area contributed by atoms with Crippen molar-refractivity contribution in [3.8, 4) is 11.1 Å². The molecule has 0 fully saturated rings. The molecule has 21 heavy (non-hydrogen) atoms. The first-order valence-corrected chi connectivity index (χ1v) is 7.06. The van der Waals surface area contributed by atoms with Gasteiger partial charge in [-0.2, -0.15) is 0 Å². The van der Waals surface area contributed by atoms with Gasteiger partial charge in [0.15, 0.2) is 0 Å². The average molecular weight is 283 g/mol. The standard InChI is InChI=1S/C18H21NO2/c1-18(2,13-20)19-17(21)12-14-8-10-16(11-9-14)15-6-4-3-5-7-15/h3-11,20H,12-13H2,1-2H3,(H,19,21). The van der Waals surface area contributed by atoms with Gasteiger partial charge < -0.3 is 10.4 Å². The van der Waals surface area contributed by atoms with Crippen LogP contribution in [0.1, 0.15) is 19.4 Å². The fraction of sp³-hybridized carbons (Fsp3) is 0.278. The fourth-order valence-corrected chi connectivity index (χ4v) is 2.09. The molecule has 2 aromatic rings. The van der Waals surface area contributed by atoms with Crippen molar-refractivity contribution in [3.63, 3.8) is 0 Å². The molecule has 0 bridgehead atoms. The molecular formula is C18H21NO2. The van der Waals surface area contributed by atoms with Gasteiger partial charge in [0, 0.05) is 0 Å². The maximum absolute atomic E-state index is 11.9. The molecule has 0 aromatic heterocycles. The lowest BCUT2D eigenvalue weighted by Crippen LogP contribution is -2.46. The van der Waals surface area contributed by atoms with Gasteiger partial charge in [0.2, 0.25) is 5.91 Å². The first kappa shape index (κ1) is 15.3. The van der Waals surface area contributed by atoms with Crippen LogP contribution in [0.3, 0.4) is 0 Å². The van der Waals surface area contributed by atoms with Crippen molar-refractivity contribution >= 4 is 5.91 Å². The second-order valence-electron chi connectivity index (χ2n) is 5.83. The van der Waals surface area contributed by atoms with E-state index in [9.17, 15) is 4.79 Å². The first-order valence-electron chi connectivity index (χ1n) is 7.06. The smallest absolute Gasteiger partial charge is 0.224 e. The summed E-state index contributed by atoms with van der Waals surface area (Å²) in [5.74, 6) is -0.0819. The molecule has 2 aromatic carbocycles. The summed E-state index contributed by atoms with van der Waals surface area (Å²) in [6.07, 6.45) is 0.318. The first-order chi connectivity index (χ1) is 10.00. The van der Waals surface area contributed by atoms with Gasteiger partial charge in [0.1, 0.15) is 0 Å². The van der Waals surface area contributed by atoms with E-state index in [0.29, 0.717) is 6.42 Å². The molecule has 0 unspecified atom stereocenters. The lowest BCUT2D eigenvalue weighted by atomic mass is 10.0. The van der Waals surface area contributed by atoms with Crippen molar-refractivity contribution < 1.29 is 9.90 Å². The monoisotopic (exact) mass is 283 g/mol. The third kappa shape index (κ3) is 4.43. The van der Waals surface area contributed by atoms with Crippen molar-refractivity contribution in [3.05, 3.63) is 60.2 Å². The van der Waals surface area contributed by atoms with Gasteiger partial charge in [-0.3, -0.25) is 4.79 Å². The van der Waals surface area contributed by atoms with Crippen LogP contribution in [0.4, 0.5) is 0 Å². The zero-order valence-corrected chi connectivity index (χ0v) is 12.5. The topological polar surface area (TPSA) is 49.3 Å². The second kappa shape index (κ2) is 6.55. The van der Waals surface area contributed by atoms with Gasteiger partial charge in [-0.05, 0) is 30.5 Å². The Balaban J connectivity index is 2.02. The van der Waals surface area contributed by atoms with Crippen LogP contribution < -0.4 is 5.32 Å². The molecule has 0 spiro atoms. The van der Waals surface area contributed by atoms with Crippen LogP contribution in [0.2, 0.25) is 0 Å². The summed E-state index contributed by atoms with van der Waals surface area (Å²) in [6.45, 7) is 3.51. The molecule has 3 heteroatoms. The minimum absolute atomic E-state index is 0.0777. The Hall–Kier alpha value is -2.13. The number of carbonyl (C=O) groups is 1. The van der Waals surface area contributed by atoms with E-state index in [-0.39, 0.29) is 12.5 Å². The Bertz CT molecular complexity index is 588. The molecule has 2 rings (SSSR count). The predicted molar refractivity (Wildman–Crippen MR) is 84.9 cm³/mol. The normalized spacial score (nSPS) is 11.2. The van der Waals surface area contributed by atoms with Crippen molar-refractivity contribution in [2.75, 3.05) is 6.61 Å². The highest BCUT2D eigenvalue weighted by molar-refractivity contribution is 5.79. The van der Waals surface area contributed by atoms with Crippen molar-refractivity contribution in [2.45, 2.75) is 25.8 Å². The number of amides is 1. The Kier molecular flexibility index (Phi) is 4.76. The number of benzene rings is 2. The molecule has 0 saturated carbocycles. The van der Waals surface area contributed by atoms with E-state index in [1.165, 1.54) is 0 Å². The third-order valence-corrected chi connectivity index (χ3v) is 3.30. The van der Waals surface area contributed by atoms with Crippen LogP contribution in [0.25, 0.3) is 11.1 Å². The van der Waals surface area contributed by atoms with Crippen LogP contribution in [0.5, 0.6) is 0 Å². The van der Waals surface area contributed by atoms with Gasteiger partial charge in [-0.15, -0.1) is 0 Å². The predicted octanol–water partition coefficient (Wildman–Crippen LogP) is 2.78. The Labute approximate surface area is 125 Å². The SMILES string of the molecule is CC(C)(CO)NC(=O)Cc1ccc(-c2ccccc2)cc1. The number of nitrogens with one attached hydrogen (secondary N) is 1. The van der Waals surface area contributed by atoms with E-state index in [0.717, 1.165) is 16.7 Å². The van der Waals surface area contributed by atoms with E-state index < -0.39 is 5.54 Å². The molecule has 0 heterocycles. The molecule has 0 atom stereocenters. The molecule has 0 aliphatic rings. The molecule has 2 N–H and O–H groups in total. The molecule has 0 aliphatic heterocycles. The maximum Gasteiger partial charge on any atom is 0.224 e. The molecule has 1 amide bonds. The van der Waals surface area contributed by atoms with Crippen LogP contribution in [0.15, 0.2) is 54.6 Å². The summed E-state index contributed by atoms with van der Waals surface area (Å²) in [6, 6.07) is 18.1. The lowest BCUT2D eigenvalue weighted by molar-refractivity contribution is -0.122. The summed E-state index contributed by atoms with van der Waals surface area (Å²) < 4.78 is 0. The van der Waals surface area contributed by atoms with Crippen molar-refractivity contribution in [1.82, 2.24) is 5.32 Å². The van der Waals surface area contributed by atoms with Gasteiger partial charge in [-0.1, -0.05) is 54.6 Å². The highest BCUT2D eigenvalue weighted by Gasteiger charge is 2.18. The second-order valence-corrected chi connectivity index (χ2v) is 5.83. The van der Waals surface area contributed by atoms with E-state index in [1.807, 2.05) is 42.5 Å². The summed E-state index contributed by atoms with van der Waals surface area (Å²) in [5.41, 5.74) is 2.67. The highest BCUT2D eigenvalue weighted by Crippen LogP contribution is 2.19. The number of aliphatic hydroxyl groups excluding tert-OH is 1. The third-order valence-electron chi connectivity index (χ3n) is 3.30. The van der Waals surface area contributed by atoms with Gasteiger partial charge in [-0.25, -0.2) is 0 Å². The van der Waals surface area contributed by atoms with E-state index >= 15 is 0 Å². The summed E-state index contributed by atoms with van der Waals surface area (Å²) in [5, 5.41) is 12.0. The van der Waals surface area contributed by atoms with Crippen LogP contribution in [0, 0.1) is 0 Å². The van der Waals surface area contributed by atoms with Gasteiger partial charge >= 0.3 is 0 Å². The fourth-order valence-electron chi connectivity index (χ4n) is 2.09. The van der Waals surface area contributed by atoms with Crippen LogP contribution in [-0.2, 0) is 11.2 Å². The largest absolute Gasteiger partial charge is 0.394 e. The van der Waals surface area contributed by atoms with Gasteiger partial charge in [0.05, 0.1) is 18.6 Å². The number of aliphatic hydroxyl groups is 1. The number of rotatable bonds is 5. The highest BCUT2D eigenvalue weighted by atomic mass is 16.3. The lowest BCUT2D eigenvalue weighted by Gasteiger charge is -2.23. The van der Waals surface area contributed by atoms with E-state index in [4.69, 9.17) is 5.11 Å². The molecule has 0 radical (unpaired) electrons. The number of hydrogen-bond acceptors (Lipinski definition) is 2. The van der Waals surface area contributed by atoms with Crippen LogP contribution in [-0.4, -0.2) is 23.2 Å². The number of hydrogen-bond donors (Lipinski definition) is 2. The maximum atomic E-state index is 11.9. The molecule has 110 valence electrons. The Morgan fingerprint density at radius 1 is 1.00 bits per heavy atom. The van der Waals surface area contributed by atoms with Crippen molar-refractivity contribution in [2.24, 2.45) is 0 Å². The molecular weight excluding hydrogens is 262 g/mol. The summed E-state index contributed by atoms with van der Waals surface area (Å²) in [4.78, 5) is 11.9. The minimum atomic E-state index is -0.582. The van der Waals surface area contributed by atoms with Crippen LogP contribution >= 0.6 is 0 Å². The molecule has 0 saturated heterocycles. The summed E-state index contributed by atoms with van der Waals surface area (Å²) in [7, 11) is 0.